The van der Waals surface area contributed by atoms with E-state index in [1.54, 1.807) is 17.0 Å². The number of aryl methyl sites for hydroxylation is 1. The van der Waals surface area contributed by atoms with E-state index in [1.807, 2.05) is 44.3 Å². The molecule has 8 heteroatoms. The Morgan fingerprint density at radius 2 is 1.76 bits per heavy atom. The van der Waals surface area contributed by atoms with E-state index in [2.05, 4.69) is 17.9 Å². The number of carbonyl (C=O) groups excluding carboxylic acids is 1. The van der Waals surface area contributed by atoms with Crippen molar-refractivity contribution < 1.29 is 17.9 Å². The van der Waals surface area contributed by atoms with Gasteiger partial charge in [0.15, 0.2) is 0 Å². The number of piperidine rings is 1. The van der Waals surface area contributed by atoms with Gasteiger partial charge in [-0.05, 0) is 51.0 Å². The number of benzene rings is 2. The van der Waals surface area contributed by atoms with Gasteiger partial charge in [0.1, 0.15) is 11.9 Å². The third kappa shape index (κ3) is 5.01. The number of fused-ring (bicyclic) bond motifs is 1. The number of para-hydroxylation sites is 2. The van der Waals surface area contributed by atoms with Crippen LogP contribution in [0.3, 0.4) is 0 Å². The fraction of sp³-hybridized carbons (Fsp3) is 0.480. The third-order valence-electron chi connectivity index (χ3n) is 6.62. The van der Waals surface area contributed by atoms with E-state index in [1.165, 1.54) is 4.31 Å². The Morgan fingerprint density at radius 3 is 2.42 bits per heavy atom. The Labute approximate surface area is 197 Å². The molecule has 33 heavy (non-hydrogen) atoms. The Bertz CT molecular complexity index is 1080. The molecule has 0 bridgehead atoms. The minimum Gasteiger partial charge on any atom is -0.485 e. The van der Waals surface area contributed by atoms with Gasteiger partial charge in [-0.2, -0.15) is 4.31 Å². The standard InChI is InChI=1S/C25H33N3O4S/c1-4-27-18-21(32-24-8-6-5-7-23(24)27)17-26(3)25(29)20-13-15-28(16-14-20)33(30,31)22-11-9-19(2)10-12-22/h5-12,20-21H,4,13-18H2,1-3H3/t21-/m1/s1. The maximum atomic E-state index is 13.1. The molecule has 1 fully saturated rings. The number of amides is 1. The highest BCUT2D eigenvalue weighted by Crippen LogP contribution is 2.33. The predicted molar refractivity (Wildman–Crippen MR) is 129 cm³/mol. The van der Waals surface area contributed by atoms with E-state index in [-0.39, 0.29) is 17.9 Å². The molecule has 0 unspecified atom stereocenters. The molecule has 178 valence electrons. The molecule has 2 aromatic carbocycles. The molecule has 2 heterocycles. The summed E-state index contributed by atoms with van der Waals surface area (Å²) >= 11 is 0. The van der Waals surface area contributed by atoms with Gasteiger partial charge in [-0.1, -0.05) is 29.8 Å². The lowest BCUT2D eigenvalue weighted by Crippen LogP contribution is -2.49. The van der Waals surface area contributed by atoms with Crippen molar-refractivity contribution in [1.29, 1.82) is 0 Å². The molecule has 1 saturated heterocycles. The highest BCUT2D eigenvalue weighted by Gasteiger charge is 2.34. The van der Waals surface area contributed by atoms with Crippen LogP contribution in [0.4, 0.5) is 5.69 Å². The van der Waals surface area contributed by atoms with E-state index >= 15 is 0 Å². The molecule has 2 aliphatic rings. The first kappa shape index (κ1) is 23.6. The number of likely N-dealkylation sites (N-methyl/N-ethyl adjacent to an activating group) is 2. The monoisotopic (exact) mass is 471 g/mol. The molecule has 1 amide bonds. The maximum absolute atomic E-state index is 13.1. The molecule has 0 spiro atoms. The first-order valence-electron chi connectivity index (χ1n) is 11.6. The van der Waals surface area contributed by atoms with Gasteiger partial charge in [0.25, 0.3) is 0 Å². The van der Waals surface area contributed by atoms with Gasteiger partial charge in [-0.15, -0.1) is 0 Å². The molecular formula is C25H33N3O4S. The van der Waals surface area contributed by atoms with Crippen LogP contribution < -0.4 is 9.64 Å². The molecule has 0 aromatic heterocycles. The average molecular weight is 472 g/mol. The van der Waals surface area contributed by atoms with Gasteiger partial charge in [-0.3, -0.25) is 4.79 Å². The largest absolute Gasteiger partial charge is 0.485 e. The number of carbonyl (C=O) groups is 1. The van der Waals surface area contributed by atoms with Crippen molar-refractivity contribution in [1.82, 2.24) is 9.21 Å². The second-order valence-corrected chi connectivity index (χ2v) is 10.9. The van der Waals surface area contributed by atoms with Crippen LogP contribution in [-0.4, -0.2) is 69.4 Å². The molecule has 0 N–H and O–H groups in total. The van der Waals surface area contributed by atoms with E-state index in [0.717, 1.165) is 30.1 Å². The van der Waals surface area contributed by atoms with Crippen molar-refractivity contribution in [3.63, 3.8) is 0 Å². The van der Waals surface area contributed by atoms with E-state index in [4.69, 9.17) is 4.74 Å². The van der Waals surface area contributed by atoms with Gasteiger partial charge in [0.2, 0.25) is 15.9 Å². The number of anilines is 1. The normalized spacial score (nSPS) is 19.6. The first-order valence-corrected chi connectivity index (χ1v) is 13.1. The van der Waals surface area contributed by atoms with Crippen LogP contribution in [-0.2, 0) is 14.8 Å². The van der Waals surface area contributed by atoms with Crippen LogP contribution in [0, 0.1) is 12.8 Å². The molecule has 0 saturated carbocycles. The topological polar surface area (TPSA) is 70.2 Å². The highest BCUT2D eigenvalue weighted by molar-refractivity contribution is 7.89. The molecule has 7 nitrogen and oxygen atoms in total. The lowest BCUT2D eigenvalue weighted by atomic mass is 9.96. The van der Waals surface area contributed by atoms with Gasteiger partial charge < -0.3 is 14.5 Å². The second kappa shape index (κ2) is 9.73. The molecule has 0 aliphatic carbocycles. The number of sulfonamides is 1. The molecule has 0 radical (unpaired) electrons. The molecule has 2 aromatic rings. The van der Waals surface area contributed by atoms with Crippen molar-refractivity contribution >= 4 is 21.6 Å². The number of ether oxygens (including phenoxy) is 1. The minimum absolute atomic E-state index is 0.0629. The summed E-state index contributed by atoms with van der Waals surface area (Å²) in [6.45, 7) is 6.88. The molecular weight excluding hydrogens is 438 g/mol. The molecule has 1 atom stereocenters. The van der Waals surface area contributed by atoms with E-state index < -0.39 is 10.0 Å². The van der Waals surface area contributed by atoms with Crippen LogP contribution in [0.1, 0.15) is 25.3 Å². The fourth-order valence-electron chi connectivity index (χ4n) is 4.68. The van der Waals surface area contributed by atoms with Crippen LogP contribution in [0.15, 0.2) is 53.4 Å². The third-order valence-corrected chi connectivity index (χ3v) is 8.53. The Morgan fingerprint density at radius 1 is 1.09 bits per heavy atom. The molecule has 2 aliphatic heterocycles. The Hall–Kier alpha value is -2.58. The van der Waals surface area contributed by atoms with Crippen LogP contribution in [0.5, 0.6) is 5.75 Å². The summed E-state index contributed by atoms with van der Waals surface area (Å²) in [5.41, 5.74) is 2.11. The lowest BCUT2D eigenvalue weighted by Gasteiger charge is -2.38. The maximum Gasteiger partial charge on any atom is 0.243 e. The van der Waals surface area contributed by atoms with Crippen LogP contribution >= 0.6 is 0 Å². The number of rotatable bonds is 6. The summed E-state index contributed by atoms with van der Waals surface area (Å²) in [7, 11) is -1.71. The first-order chi connectivity index (χ1) is 15.8. The van der Waals surface area contributed by atoms with E-state index in [0.29, 0.717) is 37.4 Å². The van der Waals surface area contributed by atoms with Gasteiger partial charge in [0, 0.05) is 32.6 Å². The Kier molecular flexibility index (Phi) is 6.95. The van der Waals surface area contributed by atoms with Crippen molar-refractivity contribution in [2.24, 2.45) is 5.92 Å². The number of hydrogen-bond donors (Lipinski definition) is 0. The van der Waals surface area contributed by atoms with Gasteiger partial charge >= 0.3 is 0 Å². The van der Waals surface area contributed by atoms with E-state index in [9.17, 15) is 13.2 Å². The predicted octanol–water partition coefficient (Wildman–Crippen LogP) is 3.14. The summed E-state index contributed by atoms with van der Waals surface area (Å²) in [6.07, 6.45) is 0.962. The van der Waals surface area contributed by atoms with Crippen LogP contribution in [0.25, 0.3) is 0 Å². The van der Waals surface area contributed by atoms with Crippen molar-refractivity contribution in [2.75, 3.05) is 44.7 Å². The summed E-state index contributed by atoms with van der Waals surface area (Å²) in [6, 6.07) is 14.9. The van der Waals surface area contributed by atoms with Gasteiger partial charge in [0.05, 0.1) is 23.7 Å². The van der Waals surface area contributed by atoms with Gasteiger partial charge in [-0.25, -0.2) is 8.42 Å². The minimum atomic E-state index is -3.53. The summed E-state index contributed by atoms with van der Waals surface area (Å²) in [5, 5.41) is 0. The zero-order valence-corrected chi connectivity index (χ0v) is 20.4. The zero-order chi connectivity index (χ0) is 23.6. The van der Waals surface area contributed by atoms with Crippen molar-refractivity contribution in [3.05, 3.63) is 54.1 Å². The fourth-order valence-corrected chi connectivity index (χ4v) is 6.15. The summed E-state index contributed by atoms with van der Waals surface area (Å²) in [4.78, 5) is 17.5. The highest BCUT2D eigenvalue weighted by atomic mass is 32.2. The van der Waals surface area contributed by atoms with Crippen molar-refractivity contribution in [2.45, 2.75) is 37.7 Å². The summed E-state index contributed by atoms with van der Waals surface area (Å²) < 4.78 is 33.6. The lowest BCUT2D eigenvalue weighted by molar-refractivity contribution is -0.136. The SMILES string of the molecule is CCN1C[C@@H](CN(C)C(=O)C2CCN(S(=O)(=O)c3ccc(C)cc3)CC2)Oc2ccccc21. The van der Waals surface area contributed by atoms with Crippen LogP contribution in [0.2, 0.25) is 0 Å². The van der Waals surface area contributed by atoms with Crippen molar-refractivity contribution in [3.8, 4) is 5.75 Å². The zero-order valence-electron chi connectivity index (χ0n) is 19.6. The average Bonchev–Trinajstić information content (AvgIpc) is 2.83. The Balaban J connectivity index is 1.34. The smallest absolute Gasteiger partial charge is 0.243 e. The number of nitrogens with zero attached hydrogens (tertiary/aromatic N) is 3. The summed E-state index contributed by atoms with van der Waals surface area (Å²) in [5.74, 6) is 0.747. The molecule has 4 rings (SSSR count). The quantitative estimate of drug-likeness (QED) is 0.647. The number of hydrogen-bond acceptors (Lipinski definition) is 5. The second-order valence-electron chi connectivity index (χ2n) is 8.96.